The van der Waals surface area contributed by atoms with Crippen molar-refractivity contribution >= 4 is 34.0 Å². The van der Waals surface area contributed by atoms with Crippen molar-refractivity contribution in [2.24, 2.45) is 0 Å². The molecule has 2 heterocycles. The lowest BCUT2D eigenvalue weighted by atomic mass is 9.99. The van der Waals surface area contributed by atoms with E-state index in [0.717, 1.165) is 49.4 Å². The number of benzene rings is 3. The molecule has 3 aromatic carbocycles. The van der Waals surface area contributed by atoms with Crippen LogP contribution in [0.5, 0.6) is 0 Å². The summed E-state index contributed by atoms with van der Waals surface area (Å²) < 4.78 is 2.24. The second-order valence-corrected chi connectivity index (χ2v) is 9.55. The third-order valence-corrected chi connectivity index (χ3v) is 6.77. The summed E-state index contributed by atoms with van der Waals surface area (Å²) in [5, 5.41) is 7.02. The molecule has 180 valence electrons. The lowest BCUT2D eigenvalue weighted by Crippen LogP contribution is -2.20. The average molecular weight is 468 g/mol. The molecule has 5 rings (SSSR count). The Balaban J connectivity index is 1.16. The molecule has 2 amide bonds. The molecule has 0 saturated carbocycles. The lowest BCUT2D eigenvalue weighted by molar-refractivity contribution is 0.262. The number of urea groups is 1. The van der Waals surface area contributed by atoms with Crippen molar-refractivity contribution in [3.8, 4) is 0 Å². The molecular formula is C29H33N5O. The van der Waals surface area contributed by atoms with Crippen LogP contribution in [0.4, 0.5) is 21.9 Å². The van der Waals surface area contributed by atoms with E-state index in [1.54, 1.807) is 0 Å². The minimum absolute atomic E-state index is 0.241. The number of rotatable bonds is 7. The molecule has 1 aliphatic heterocycles. The number of hydrogen-bond donors (Lipinski definition) is 2. The van der Waals surface area contributed by atoms with Crippen molar-refractivity contribution in [1.29, 1.82) is 0 Å². The van der Waals surface area contributed by atoms with Crippen molar-refractivity contribution in [3.63, 3.8) is 0 Å². The van der Waals surface area contributed by atoms with Crippen LogP contribution in [0.3, 0.4) is 0 Å². The van der Waals surface area contributed by atoms with E-state index in [2.05, 4.69) is 99.9 Å². The van der Waals surface area contributed by atoms with Crippen molar-refractivity contribution in [2.75, 3.05) is 49.3 Å². The molecule has 1 fully saturated rings. The molecule has 6 nitrogen and oxygen atoms in total. The molecule has 0 bridgehead atoms. The molecular weight excluding hydrogens is 434 g/mol. The summed E-state index contributed by atoms with van der Waals surface area (Å²) in [6, 6.07) is 26.7. The molecule has 1 aliphatic rings. The number of amides is 2. The van der Waals surface area contributed by atoms with E-state index in [0.29, 0.717) is 5.92 Å². The normalized spacial score (nSPS) is 15.6. The standard InChI is InChI=1S/C29H33N5O/c1-32(2)18-19-33-16-14-23-20-26(10-13-28(23)33)31-29(35)30-25-8-11-27(12-9-25)34-17-15-24(21-34)22-6-4-3-5-7-22/h3-14,16,20,24H,15,17-19,21H2,1-2H3,(H2,30,31,35). The number of likely N-dealkylation sites (N-methyl/N-ethyl adjacent to an activating group) is 1. The zero-order valence-corrected chi connectivity index (χ0v) is 20.4. The van der Waals surface area contributed by atoms with Gasteiger partial charge in [0.2, 0.25) is 0 Å². The Hall–Kier alpha value is -3.77. The van der Waals surface area contributed by atoms with Crippen LogP contribution in [0.25, 0.3) is 10.9 Å². The van der Waals surface area contributed by atoms with Gasteiger partial charge in [-0.2, -0.15) is 0 Å². The topological polar surface area (TPSA) is 52.5 Å². The number of nitrogens with one attached hydrogen (secondary N) is 2. The van der Waals surface area contributed by atoms with Crippen LogP contribution in [0, 0.1) is 0 Å². The van der Waals surface area contributed by atoms with Gasteiger partial charge in [0.15, 0.2) is 0 Å². The zero-order valence-electron chi connectivity index (χ0n) is 20.4. The van der Waals surface area contributed by atoms with Gasteiger partial charge < -0.3 is 25.0 Å². The number of hydrogen-bond acceptors (Lipinski definition) is 3. The first-order valence-corrected chi connectivity index (χ1v) is 12.3. The van der Waals surface area contributed by atoms with E-state index in [1.807, 2.05) is 24.3 Å². The summed E-state index contributed by atoms with van der Waals surface area (Å²) in [7, 11) is 4.15. The SMILES string of the molecule is CN(C)CCn1ccc2cc(NC(=O)Nc3ccc(N4CCC(c5ccccc5)C4)cc3)ccc21. The molecule has 1 aromatic heterocycles. The largest absolute Gasteiger partial charge is 0.371 e. The Labute approximate surface area is 207 Å². The third kappa shape index (κ3) is 5.49. The minimum atomic E-state index is -0.241. The van der Waals surface area contributed by atoms with Gasteiger partial charge in [-0.05, 0) is 74.6 Å². The average Bonchev–Trinajstić information content (AvgIpc) is 3.51. The van der Waals surface area contributed by atoms with Crippen LogP contribution in [-0.2, 0) is 6.54 Å². The van der Waals surface area contributed by atoms with Gasteiger partial charge in [0.1, 0.15) is 0 Å². The maximum atomic E-state index is 12.6. The number of carbonyl (C=O) groups is 1. The summed E-state index contributed by atoms with van der Waals surface area (Å²) in [5.41, 5.74) is 5.33. The highest BCUT2D eigenvalue weighted by Crippen LogP contribution is 2.31. The quantitative estimate of drug-likeness (QED) is 0.359. The highest BCUT2D eigenvalue weighted by Gasteiger charge is 2.23. The summed E-state index contributed by atoms with van der Waals surface area (Å²) in [4.78, 5) is 17.2. The summed E-state index contributed by atoms with van der Waals surface area (Å²) in [6.07, 6.45) is 3.26. The maximum Gasteiger partial charge on any atom is 0.323 e. The number of aromatic nitrogens is 1. The van der Waals surface area contributed by atoms with Crippen LogP contribution >= 0.6 is 0 Å². The Kier molecular flexibility index (Phi) is 6.73. The molecule has 1 atom stereocenters. The Morgan fingerprint density at radius 1 is 0.943 bits per heavy atom. The molecule has 1 saturated heterocycles. The van der Waals surface area contributed by atoms with Crippen molar-refractivity contribution in [3.05, 3.63) is 90.6 Å². The van der Waals surface area contributed by atoms with E-state index in [1.165, 1.54) is 16.8 Å². The van der Waals surface area contributed by atoms with E-state index in [4.69, 9.17) is 0 Å². The fourth-order valence-corrected chi connectivity index (χ4v) is 4.82. The fraction of sp³-hybridized carbons (Fsp3) is 0.276. The van der Waals surface area contributed by atoms with E-state index >= 15 is 0 Å². The predicted molar refractivity (Wildman–Crippen MR) is 146 cm³/mol. The van der Waals surface area contributed by atoms with Gasteiger partial charge >= 0.3 is 6.03 Å². The molecule has 0 aliphatic carbocycles. The molecule has 4 aromatic rings. The van der Waals surface area contributed by atoms with E-state index < -0.39 is 0 Å². The predicted octanol–water partition coefficient (Wildman–Crippen LogP) is 5.84. The number of carbonyl (C=O) groups excluding carboxylic acids is 1. The molecule has 1 unspecified atom stereocenters. The van der Waals surface area contributed by atoms with Gasteiger partial charge in [-0.3, -0.25) is 0 Å². The van der Waals surface area contributed by atoms with Crippen LogP contribution in [-0.4, -0.2) is 49.2 Å². The van der Waals surface area contributed by atoms with Gasteiger partial charge in [0, 0.05) is 66.3 Å². The van der Waals surface area contributed by atoms with E-state index in [9.17, 15) is 4.79 Å². The number of fused-ring (bicyclic) bond motifs is 1. The summed E-state index contributed by atoms with van der Waals surface area (Å²) in [6.45, 7) is 3.99. The fourth-order valence-electron chi connectivity index (χ4n) is 4.82. The van der Waals surface area contributed by atoms with Crippen molar-refractivity contribution in [2.45, 2.75) is 18.9 Å². The second kappa shape index (κ2) is 10.2. The summed E-state index contributed by atoms with van der Waals surface area (Å²) in [5.74, 6) is 0.571. The Morgan fingerprint density at radius 2 is 1.69 bits per heavy atom. The highest BCUT2D eigenvalue weighted by molar-refractivity contribution is 6.01. The van der Waals surface area contributed by atoms with Gasteiger partial charge in [0.25, 0.3) is 0 Å². The van der Waals surface area contributed by atoms with Gasteiger partial charge in [0.05, 0.1) is 0 Å². The van der Waals surface area contributed by atoms with Crippen LogP contribution < -0.4 is 15.5 Å². The van der Waals surface area contributed by atoms with Crippen molar-refractivity contribution in [1.82, 2.24) is 9.47 Å². The second-order valence-electron chi connectivity index (χ2n) is 9.55. The highest BCUT2D eigenvalue weighted by atomic mass is 16.2. The molecule has 2 N–H and O–H groups in total. The van der Waals surface area contributed by atoms with Crippen LogP contribution in [0.2, 0.25) is 0 Å². The van der Waals surface area contributed by atoms with Crippen LogP contribution in [0.1, 0.15) is 17.9 Å². The third-order valence-electron chi connectivity index (χ3n) is 6.77. The smallest absolute Gasteiger partial charge is 0.323 e. The van der Waals surface area contributed by atoms with Crippen molar-refractivity contribution < 1.29 is 4.79 Å². The monoisotopic (exact) mass is 467 g/mol. The molecule has 0 radical (unpaired) electrons. The Bertz CT molecular complexity index is 1280. The first-order valence-electron chi connectivity index (χ1n) is 12.3. The number of anilines is 3. The van der Waals surface area contributed by atoms with Crippen LogP contribution in [0.15, 0.2) is 85.1 Å². The minimum Gasteiger partial charge on any atom is -0.371 e. The van der Waals surface area contributed by atoms with Gasteiger partial charge in [-0.25, -0.2) is 4.79 Å². The molecule has 6 heteroatoms. The molecule has 0 spiro atoms. The number of nitrogens with zero attached hydrogens (tertiary/aromatic N) is 3. The maximum absolute atomic E-state index is 12.6. The molecule has 35 heavy (non-hydrogen) atoms. The van der Waals surface area contributed by atoms with Gasteiger partial charge in [-0.15, -0.1) is 0 Å². The lowest BCUT2D eigenvalue weighted by Gasteiger charge is -2.19. The zero-order chi connectivity index (χ0) is 24.2. The summed E-state index contributed by atoms with van der Waals surface area (Å²) >= 11 is 0. The first kappa shape index (κ1) is 23.0. The van der Waals surface area contributed by atoms with E-state index in [-0.39, 0.29) is 6.03 Å². The Morgan fingerprint density at radius 3 is 2.46 bits per heavy atom. The first-order chi connectivity index (χ1) is 17.0. The van der Waals surface area contributed by atoms with Gasteiger partial charge in [-0.1, -0.05) is 30.3 Å².